The molecule has 4 nitrogen and oxygen atoms in total. The Morgan fingerprint density at radius 3 is 2.21 bits per heavy atom. The maximum atomic E-state index is 12.4. The SMILES string of the molecule is CC(=O)N[C@@H](CSSCc1ccccc1)C(=O)Nc1ccccc1. The molecule has 0 saturated carbocycles. The summed E-state index contributed by atoms with van der Waals surface area (Å²) in [5.41, 5.74) is 1.96. The van der Waals surface area contributed by atoms with Gasteiger partial charge in [0.2, 0.25) is 11.8 Å². The monoisotopic (exact) mass is 360 g/mol. The number of nitrogens with one attached hydrogen (secondary N) is 2. The summed E-state index contributed by atoms with van der Waals surface area (Å²) in [6.07, 6.45) is 0. The van der Waals surface area contributed by atoms with Crippen LogP contribution in [0.3, 0.4) is 0 Å². The fourth-order valence-electron chi connectivity index (χ4n) is 1.98. The maximum absolute atomic E-state index is 12.4. The molecule has 6 heteroatoms. The van der Waals surface area contributed by atoms with Gasteiger partial charge in [0.25, 0.3) is 0 Å². The molecule has 2 amide bonds. The highest BCUT2D eigenvalue weighted by Gasteiger charge is 2.19. The highest BCUT2D eigenvalue weighted by molar-refractivity contribution is 8.76. The average molecular weight is 361 g/mol. The van der Waals surface area contributed by atoms with E-state index < -0.39 is 6.04 Å². The van der Waals surface area contributed by atoms with Gasteiger partial charge in [-0.25, -0.2) is 0 Å². The molecule has 0 aromatic heterocycles. The fraction of sp³-hybridized carbons (Fsp3) is 0.222. The van der Waals surface area contributed by atoms with Gasteiger partial charge in [-0.15, -0.1) is 0 Å². The first kappa shape index (κ1) is 18.4. The molecule has 0 spiro atoms. The van der Waals surface area contributed by atoms with Crippen LogP contribution in [0, 0.1) is 0 Å². The number of hydrogen-bond donors (Lipinski definition) is 2. The van der Waals surface area contributed by atoms with E-state index in [4.69, 9.17) is 0 Å². The molecule has 0 radical (unpaired) electrons. The van der Waals surface area contributed by atoms with Crippen LogP contribution in [0.15, 0.2) is 60.7 Å². The van der Waals surface area contributed by atoms with Gasteiger partial charge in [0, 0.05) is 24.1 Å². The van der Waals surface area contributed by atoms with Crippen molar-refractivity contribution in [3.05, 3.63) is 66.2 Å². The summed E-state index contributed by atoms with van der Waals surface area (Å²) in [4.78, 5) is 23.7. The van der Waals surface area contributed by atoms with Gasteiger partial charge >= 0.3 is 0 Å². The molecule has 24 heavy (non-hydrogen) atoms. The van der Waals surface area contributed by atoms with Crippen LogP contribution in [0.25, 0.3) is 0 Å². The number of amides is 2. The minimum Gasteiger partial charge on any atom is -0.344 e. The van der Waals surface area contributed by atoms with E-state index in [-0.39, 0.29) is 11.8 Å². The highest BCUT2D eigenvalue weighted by Crippen LogP contribution is 2.26. The molecule has 0 unspecified atom stereocenters. The van der Waals surface area contributed by atoms with Gasteiger partial charge in [0.05, 0.1) is 0 Å². The lowest BCUT2D eigenvalue weighted by Crippen LogP contribution is -2.44. The molecular weight excluding hydrogens is 340 g/mol. The summed E-state index contributed by atoms with van der Waals surface area (Å²) in [6, 6.07) is 18.8. The Labute approximate surface area is 150 Å². The molecule has 2 aromatic carbocycles. The predicted octanol–water partition coefficient (Wildman–Crippen LogP) is 3.71. The number of benzene rings is 2. The van der Waals surface area contributed by atoms with Crippen molar-refractivity contribution >= 4 is 39.1 Å². The van der Waals surface area contributed by atoms with E-state index in [1.807, 2.05) is 48.5 Å². The van der Waals surface area contributed by atoms with E-state index in [0.717, 1.165) is 11.4 Å². The largest absolute Gasteiger partial charge is 0.344 e. The van der Waals surface area contributed by atoms with Crippen molar-refractivity contribution in [3.63, 3.8) is 0 Å². The van der Waals surface area contributed by atoms with Crippen molar-refractivity contribution in [2.24, 2.45) is 0 Å². The second-order valence-electron chi connectivity index (χ2n) is 5.14. The van der Waals surface area contributed by atoms with Gasteiger partial charge in [-0.3, -0.25) is 9.59 Å². The standard InChI is InChI=1S/C18H20N2O2S2/c1-14(21)19-17(18(22)20-16-10-6-3-7-11-16)13-24-23-12-15-8-4-2-5-9-15/h2-11,17H,12-13H2,1H3,(H,19,21)(H,20,22)/t17-/m0/s1. The molecular formula is C18H20N2O2S2. The molecule has 2 rings (SSSR count). The second kappa shape index (κ2) is 10.1. The first-order valence-electron chi connectivity index (χ1n) is 7.56. The molecule has 0 saturated heterocycles. The van der Waals surface area contributed by atoms with Gasteiger partial charge in [-0.2, -0.15) is 0 Å². The smallest absolute Gasteiger partial charge is 0.247 e. The predicted molar refractivity (Wildman–Crippen MR) is 103 cm³/mol. The van der Waals surface area contributed by atoms with Crippen LogP contribution < -0.4 is 10.6 Å². The van der Waals surface area contributed by atoms with E-state index in [1.165, 1.54) is 12.5 Å². The average Bonchev–Trinajstić information content (AvgIpc) is 2.59. The molecule has 2 aromatic rings. The fourth-order valence-corrected chi connectivity index (χ4v) is 4.21. The summed E-state index contributed by atoms with van der Waals surface area (Å²) in [6.45, 7) is 1.42. The van der Waals surface area contributed by atoms with Crippen molar-refractivity contribution in [2.45, 2.75) is 18.7 Å². The van der Waals surface area contributed by atoms with Crippen LogP contribution in [0.1, 0.15) is 12.5 Å². The van der Waals surface area contributed by atoms with Crippen molar-refractivity contribution in [1.29, 1.82) is 0 Å². The molecule has 0 fully saturated rings. The highest BCUT2D eigenvalue weighted by atomic mass is 33.1. The summed E-state index contributed by atoms with van der Waals surface area (Å²) in [7, 11) is 3.25. The topological polar surface area (TPSA) is 58.2 Å². The van der Waals surface area contributed by atoms with E-state index >= 15 is 0 Å². The molecule has 0 heterocycles. The normalized spacial score (nSPS) is 11.5. The summed E-state index contributed by atoms with van der Waals surface area (Å²) in [5, 5.41) is 5.54. The summed E-state index contributed by atoms with van der Waals surface area (Å²) >= 11 is 0. The molecule has 0 aliphatic heterocycles. The van der Waals surface area contributed by atoms with Crippen LogP contribution in [-0.2, 0) is 15.3 Å². The van der Waals surface area contributed by atoms with Crippen LogP contribution >= 0.6 is 21.6 Å². The van der Waals surface area contributed by atoms with E-state index in [1.54, 1.807) is 21.6 Å². The van der Waals surface area contributed by atoms with E-state index in [9.17, 15) is 9.59 Å². The Bertz CT molecular complexity index is 651. The molecule has 126 valence electrons. The quantitative estimate of drug-likeness (QED) is 0.556. The number of para-hydroxylation sites is 1. The van der Waals surface area contributed by atoms with Gasteiger partial charge in [-0.05, 0) is 17.7 Å². The zero-order valence-corrected chi connectivity index (χ0v) is 15.0. The molecule has 0 aliphatic carbocycles. The maximum Gasteiger partial charge on any atom is 0.247 e. The van der Waals surface area contributed by atoms with Gasteiger partial charge < -0.3 is 10.6 Å². The van der Waals surface area contributed by atoms with Crippen LogP contribution in [-0.4, -0.2) is 23.6 Å². The van der Waals surface area contributed by atoms with Gasteiger partial charge in [0.15, 0.2) is 0 Å². The Kier molecular flexibility index (Phi) is 7.71. The zero-order valence-electron chi connectivity index (χ0n) is 13.4. The summed E-state index contributed by atoms with van der Waals surface area (Å²) < 4.78 is 0. The zero-order chi connectivity index (χ0) is 17.2. The third-order valence-corrected chi connectivity index (χ3v) is 5.47. The molecule has 0 bridgehead atoms. The van der Waals surface area contributed by atoms with Crippen LogP contribution in [0.4, 0.5) is 5.69 Å². The first-order chi connectivity index (χ1) is 11.6. The van der Waals surface area contributed by atoms with Crippen molar-refractivity contribution in [1.82, 2.24) is 5.32 Å². The Balaban J connectivity index is 1.83. The van der Waals surface area contributed by atoms with Crippen LogP contribution in [0.5, 0.6) is 0 Å². The minimum absolute atomic E-state index is 0.204. The van der Waals surface area contributed by atoms with Crippen LogP contribution in [0.2, 0.25) is 0 Å². The van der Waals surface area contributed by atoms with Crippen molar-refractivity contribution < 1.29 is 9.59 Å². The Hall–Kier alpha value is -1.92. The number of hydrogen-bond acceptors (Lipinski definition) is 4. The van der Waals surface area contributed by atoms with Crippen molar-refractivity contribution in [3.8, 4) is 0 Å². The number of carbonyl (C=O) groups is 2. The Morgan fingerprint density at radius 2 is 1.58 bits per heavy atom. The number of carbonyl (C=O) groups excluding carboxylic acids is 2. The minimum atomic E-state index is -0.559. The molecule has 0 aliphatic rings. The van der Waals surface area contributed by atoms with E-state index in [2.05, 4.69) is 22.8 Å². The first-order valence-corrected chi connectivity index (χ1v) is 10.1. The number of anilines is 1. The third-order valence-electron chi connectivity index (χ3n) is 3.12. The molecule has 1 atom stereocenters. The second-order valence-corrected chi connectivity index (χ2v) is 7.65. The molecule has 2 N–H and O–H groups in total. The van der Waals surface area contributed by atoms with Crippen molar-refractivity contribution in [2.75, 3.05) is 11.1 Å². The van der Waals surface area contributed by atoms with Gasteiger partial charge in [0.1, 0.15) is 6.04 Å². The Morgan fingerprint density at radius 1 is 0.958 bits per heavy atom. The lowest BCUT2D eigenvalue weighted by atomic mass is 10.2. The van der Waals surface area contributed by atoms with E-state index in [0.29, 0.717) is 5.75 Å². The lowest BCUT2D eigenvalue weighted by molar-refractivity contribution is -0.124. The third kappa shape index (κ3) is 6.68. The summed E-state index contributed by atoms with van der Waals surface area (Å²) in [5.74, 6) is 0.954. The van der Waals surface area contributed by atoms with Gasteiger partial charge in [-0.1, -0.05) is 70.1 Å². The number of rotatable bonds is 8. The lowest BCUT2D eigenvalue weighted by Gasteiger charge is -2.17.